The van der Waals surface area contributed by atoms with Gasteiger partial charge in [-0.05, 0) is 36.8 Å². The van der Waals surface area contributed by atoms with E-state index in [1.54, 1.807) is 18.2 Å². The molecule has 4 nitrogen and oxygen atoms in total. The number of hydrogen-bond acceptors (Lipinski definition) is 3. The van der Waals surface area contributed by atoms with Gasteiger partial charge in [0.1, 0.15) is 5.56 Å². The third-order valence-electron chi connectivity index (χ3n) is 4.08. The molecule has 1 aliphatic rings. The lowest BCUT2D eigenvalue weighted by Crippen LogP contribution is -2.29. The van der Waals surface area contributed by atoms with Gasteiger partial charge in [-0.3, -0.25) is 0 Å². The van der Waals surface area contributed by atoms with E-state index in [9.17, 15) is 15.0 Å². The Kier molecular flexibility index (Phi) is 5.26. The number of carboxylic acid groups (broad SMARTS) is 1. The maximum atomic E-state index is 11.2. The molecule has 2 unspecified atom stereocenters. The molecular formula is C15H20ClNO3. The second kappa shape index (κ2) is 6.95. The third kappa shape index (κ3) is 3.44. The molecule has 0 aromatic heterocycles. The summed E-state index contributed by atoms with van der Waals surface area (Å²) in [6.45, 7) is 0.875. The number of anilines is 1. The molecule has 0 bridgehead atoms. The minimum atomic E-state index is -1.03. The number of aromatic carboxylic acids is 1. The number of carboxylic acids is 1. The number of halogens is 1. The highest BCUT2D eigenvalue weighted by molar-refractivity contribution is 6.34. The quantitative estimate of drug-likeness (QED) is 0.780. The average Bonchev–Trinajstić information content (AvgIpc) is 2.45. The van der Waals surface area contributed by atoms with Crippen molar-refractivity contribution in [3.63, 3.8) is 0 Å². The van der Waals surface area contributed by atoms with Crippen molar-refractivity contribution in [1.29, 1.82) is 0 Å². The molecule has 0 heterocycles. The van der Waals surface area contributed by atoms with Crippen LogP contribution in [0.4, 0.5) is 5.69 Å². The Bertz CT molecular complexity index is 478. The van der Waals surface area contributed by atoms with Gasteiger partial charge in [0.15, 0.2) is 0 Å². The lowest BCUT2D eigenvalue weighted by Gasteiger charge is -2.30. The van der Waals surface area contributed by atoms with Crippen LogP contribution in [0.5, 0.6) is 0 Å². The van der Waals surface area contributed by atoms with E-state index in [2.05, 4.69) is 5.32 Å². The molecule has 0 amide bonds. The number of nitrogens with one attached hydrogen (secondary N) is 1. The Balaban J connectivity index is 2.07. The molecule has 1 aliphatic carbocycles. The van der Waals surface area contributed by atoms with Crippen LogP contribution in [0.1, 0.15) is 36.0 Å². The fraction of sp³-hybridized carbons (Fsp3) is 0.533. The van der Waals surface area contributed by atoms with Crippen LogP contribution >= 0.6 is 11.6 Å². The first-order valence-corrected chi connectivity index (χ1v) is 7.37. The SMILES string of the molecule is O=C(O)c1c(Cl)cccc1NCC1CCCCC1CO. The van der Waals surface area contributed by atoms with E-state index in [0.29, 0.717) is 24.1 Å². The molecule has 20 heavy (non-hydrogen) atoms. The zero-order valence-corrected chi connectivity index (χ0v) is 12.1. The van der Waals surface area contributed by atoms with Crippen LogP contribution in [0.15, 0.2) is 18.2 Å². The molecule has 3 N–H and O–H groups in total. The van der Waals surface area contributed by atoms with Crippen LogP contribution in [0.3, 0.4) is 0 Å². The number of carbonyl (C=O) groups is 1. The summed E-state index contributed by atoms with van der Waals surface area (Å²) in [7, 11) is 0. The summed E-state index contributed by atoms with van der Waals surface area (Å²) in [6, 6.07) is 5.04. The molecule has 1 aromatic carbocycles. The second-order valence-electron chi connectivity index (χ2n) is 5.34. The average molecular weight is 298 g/mol. The van der Waals surface area contributed by atoms with E-state index in [0.717, 1.165) is 12.8 Å². The Hall–Kier alpha value is -1.26. The van der Waals surface area contributed by atoms with E-state index in [4.69, 9.17) is 11.6 Å². The van der Waals surface area contributed by atoms with Gasteiger partial charge in [-0.2, -0.15) is 0 Å². The molecule has 0 aliphatic heterocycles. The van der Waals surface area contributed by atoms with E-state index in [-0.39, 0.29) is 17.2 Å². The maximum absolute atomic E-state index is 11.2. The monoisotopic (exact) mass is 297 g/mol. The minimum Gasteiger partial charge on any atom is -0.478 e. The molecule has 2 rings (SSSR count). The third-order valence-corrected chi connectivity index (χ3v) is 4.40. The van der Waals surface area contributed by atoms with Gasteiger partial charge in [0.25, 0.3) is 0 Å². The summed E-state index contributed by atoms with van der Waals surface area (Å²) < 4.78 is 0. The van der Waals surface area contributed by atoms with Crippen molar-refractivity contribution in [2.75, 3.05) is 18.5 Å². The normalized spacial score (nSPS) is 22.5. The van der Waals surface area contributed by atoms with Crippen LogP contribution in [0.25, 0.3) is 0 Å². The summed E-state index contributed by atoms with van der Waals surface area (Å²) in [5.41, 5.74) is 0.665. The number of aliphatic hydroxyl groups excluding tert-OH is 1. The van der Waals surface area contributed by atoms with E-state index < -0.39 is 5.97 Å². The lowest BCUT2D eigenvalue weighted by atomic mass is 9.79. The van der Waals surface area contributed by atoms with Crippen LogP contribution in [-0.2, 0) is 0 Å². The van der Waals surface area contributed by atoms with Crippen molar-refractivity contribution in [1.82, 2.24) is 0 Å². The Labute approximate surface area is 123 Å². The predicted octanol–water partition coefficient (Wildman–Crippen LogP) is 3.25. The molecule has 0 spiro atoms. The van der Waals surface area contributed by atoms with Gasteiger partial charge in [0.05, 0.1) is 10.7 Å². The van der Waals surface area contributed by atoms with Gasteiger partial charge in [-0.15, -0.1) is 0 Å². The number of aliphatic hydroxyl groups is 1. The van der Waals surface area contributed by atoms with E-state index in [1.807, 2.05) is 0 Å². The van der Waals surface area contributed by atoms with Crippen LogP contribution in [0, 0.1) is 11.8 Å². The number of benzene rings is 1. The van der Waals surface area contributed by atoms with Crippen LogP contribution in [0.2, 0.25) is 5.02 Å². The summed E-state index contributed by atoms with van der Waals surface area (Å²) in [4.78, 5) is 11.2. The smallest absolute Gasteiger partial charge is 0.339 e. The van der Waals surface area contributed by atoms with Crippen LogP contribution in [-0.4, -0.2) is 29.3 Å². The highest BCUT2D eigenvalue weighted by atomic mass is 35.5. The van der Waals surface area contributed by atoms with Gasteiger partial charge in [-0.1, -0.05) is 30.5 Å². The van der Waals surface area contributed by atoms with Crippen LogP contribution < -0.4 is 5.32 Å². The fourth-order valence-corrected chi connectivity index (χ4v) is 3.18. The molecule has 0 radical (unpaired) electrons. The van der Waals surface area contributed by atoms with Crippen molar-refractivity contribution < 1.29 is 15.0 Å². The van der Waals surface area contributed by atoms with Gasteiger partial charge in [0, 0.05) is 13.2 Å². The molecular weight excluding hydrogens is 278 g/mol. The molecule has 5 heteroatoms. The van der Waals surface area contributed by atoms with Crippen molar-refractivity contribution in [3.05, 3.63) is 28.8 Å². The summed E-state index contributed by atoms with van der Waals surface area (Å²) in [5, 5.41) is 22.1. The summed E-state index contributed by atoms with van der Waals surface area (Å²) >= 11 is 5.94. The molecule has 0 saturated heterocycles. The highest BCUT2D eigenvalue weighted by Gasteiger charge is 2.24. The maximum Gasteiger partial charge on any atom is 0.339 e. The zero-order chi connectivity index (χ0) is 14.5. The predicted molar refractivity (Wildman–Crippen MR) is 79.4 cm³/mol. The van der Waals surface area contributed by atoms with Gasteiger partial charge < -0.3 is 15.5 Å². The Morgan fingerprint density at radius 1 is 1.30 bits per heavy atom. The Morgan fingerprint density at radius 2 is 2.00 bits per heavy atom. The standard InChI is InChI=1S/C15H20ClNO3/c16-12-6-3-7-13(14(12)15(19)20)17-8-10-4-1-2-5-11(10)9-18/h3,6-7,10-11,17-18H,1-2,4-5,8-9H2,(H,19,20). The van der Waals surface area contributed by atoms with Crippen molar-refractivity contribution in [2.45, 2.75) is 25.7 Å². The minimum absolute atomic E-state index is 0.116. The van der Waals surface area contributed by atoms with Crippen molar-refractivity contribution in [3.8, 4) is 0 Å². The number of rotatable bonds is 5. The lowest BCUT2D eigenvalue weighted by molar-refractivity contribution is 0.0698. The summed E-state index contributed by atoms with van der Waals surface area (Å²) in [6.07, 6.45) is 4.45. The topological polar surface area (TPSA) is 69.6 Å². The molecule has 1 fully saturated rings. The molecule has 110 valence electrons. The summed E-state index contributed by atoms with van der Waals surface area (Å²) in [5.74, 6) is -0.335. The first-order chi connectivity index (χ1) is 9.63. The first kappa shape index (κ1) is 15.1. The fourth-order valence-electron chi connectivity index (χ4n) is 2.92. The second-order valence-corrected chi connectivity index (χ2v) is 5.74. The highest BCUT2D eigenvalue weighted by Crippen LogP contribution is 2.31. The zero-order valence-electron chi connectivity index (χ0n) is 11.3. The van der Waals surface area contributed by atoms with Gasteiger partial charge >= 0.3 is 5.97 Å². The van der Waals surface area contributed by atoms with Gasteiger partial charge in [-0.25, -0.2) is 4.79 Å². The van der Waals surface area contributed by atoms with E-state index >= 15 is 0 Å². The first-order valence-electron chi connectivity index (χ1n) is 7.00. The van der Waals surface area contributed by atoms with E-state index in [1.165, 1.54) is 12.8 Å². The Morgan fingerprint density at radius 3 is 2.65 bits per heavy atom. The van der Waals surface area contributed by atoms with Crippen molar-refractivity contribution in [2.24, 2.45) is 11.8 Å². The van der Waals surface area contributed by atoms with Crippen molar-refractivity contribution >= 4 is 23.3 Å². The molecule has 1 saturated carbocycles. The largest absolute Gasteiger partial charge is 0.478 e. The molecule has 1 aromatic rings. The van der Waals surface area contributed by atoms with Gasteiger partial charge in [0.2, 0.25) is 0 Å². The number of hydrogen-bond donors (Lipinski definition) is 3. The molecule has 2 atom stereocenters.